The maximum Gasteiger partial charge on any atom is 0.263 e. The Morgan fingerprint density at radius 1 is 1.00 bits per heavy atom. The summed E-state index contributed by atoms with van der Waals surface area (Å²) in [7, 11) is 0. The van der Waals surface area contributed by atoms with Crippen molar-refractivity contribution in [2.24, 2.45) is 5.92 Å². The Morgan fingerprint density at radius 2 is 1.70 bits per heavy atom. The Kier molecular flexibility index (Phi) is 5.37. The molecule has 0 unspecified atom stereocenters. The summed E-state index contributed by atoms with van der Waals surface area (Å²) in [6.07, 6.45) is 1.57. The molecule has 2 N–H and O–H groups in total. The average molecular weight is 495 g/mol. The number of para-hydroxylation sites is 2. The molecule has 0 bridgehead atoms. The molecule has 0 aliphatic carbocycles. The first kappa shape index (κ1) is 22.4. The molecule has 0 saturated carbocycles. The van der Waals surface area contributed by atoms with Crippen LogP contribution in [0.15, 0.2) is 77.7 Å². The first-order chi connectivity index (χ1) is 18.0. The van der Waals surface area contributed by atoms with E-state index in [-0.39, 0.29) is 36.3 Å². The minimum absolute atomic E-state index is 0.102. The highest BCUT2D eigenvalue weighted by Gasteiger charge is 2.35. The number of benzene rings is 2. The zero-order valence-corrected chi connectivity index (χ0v) is 19.8. The van der Waals surface area contributed by atoms with Crippen LogP contribution in [0, 0.1) is 12.8 Å². The van der Waals surface area contributed by atoms with Gasteiger partial charge >= 0.3 is 0 Å². The van der Waals surface area contributed by atoms with Gasteiger partial charge in [-0.3, -0.25) is 19.4 Å². The summed E-state index contributed by atoms with van der Waals surface area (Å²) < 4.78 is 2.95. The third-order valence-corrected chi connectivity index (χ3v) is 6.27. The number of nitrogens with one attached hydrogen (secondary N) is 2. The van der Waals surface area contributed by atoms with Crippen molar-refractivity contribution in [2.75, 3.05) is 16.8 Å². The standard InChI is InChI=1S/C26H22N8O3/c1-16-12-21(28-24(36)17-13-22(35)32(15-17)18-8-4-2-5-9-18)34(31-16)26-29-23-20(25(37)30-26)14-27-33(23)19-10-6-3-7-11-19/h2-12,14,17H,13,15H2,1H3,(H,28,36)(H,29,30,37)/t17-/m0/s1. The van der Waals surface area contributed by atoms with E-state index in [0.29, 0.717) is 22.5 Å². The van der Waals surface area contributed by atoms with Gasteiger partial charge in [-0.2, -0.15) is 19.9 Å². The molecular formula is C26H22N8O3. The van der Waals surface area contributed by atoms with Crippen LogP contribution in [0.1, 0.15) is 12.1 Å². The van der Waals surface area contributed by atoms with Crippen LogP contribution in [0.25, 0.3) is 22.7 Å². The molecule has 184 valence electrons. The fraction of sp³-hybridized carbons (Fsp3) is 0.154. The van der Waals surface area contributed by atoms with Crippen molar-refractivity contribution >= 4 is 34.4 Å². The number of aromatic nitrogens is 6. The molecule has 1 fully saturated rings. The summed E-state index contributed by atoms with van der Waals surface area (Å²) in [5.74, 6) is -0.494. The van der Waals surface area contributed by atoms with Crippen LogP contribution in [0.5, 0.6) is 0 Å². The molecule has 1 aliphatic rings. The van der Waals surface area contributed by atoms with Crippen LogP contribution >= 0.6 is 0 Å². The van der Waals surface area contributed by atoms with Crippen LogP contribution in [0.4, 0.5) is 11.5 Å². The maximum atomic E-state index is 13.2. The molecule has 3 aromatic heterocycles. The largest absolute Gasteiger partial charge is 0.312 e. The van der Waals surface area contributed by atoms with E-state index in [1.54, 1.807) is 22.6 Å². The fourth-order valence-electron chi connectivity index (χ4n) is 4.48. The number of H-pyrrole nitrogens is 1. The molecule has 11 heteroatoms. The fourth-order valence-corrected chi connectivity index (χ4v) is 4.48. The predicted molar refractivity (Wildman–Crippen MR) is 137 cm³/mol. The van der Waals surface area contributed by atoms with Crippen molar-refractivity contribution in [1.29, 1.82) is 0 Å². The predicted octanol–water partition coefficient (Wildman–Crippen LogP) is 2.59. The number of aromatic amines is 1. The van der Waals surface area contributed by atoms with E-state index in [4.69, 9.17) is 0 Å². The lowest BCUT2D eigenvalue weighted by atomic mass is 10.1. The van der Waals surface area contributed by atoms with E-state index < -0.39 is 5.92 Å². The van der Waals surface area contributed by atoms with Crippen molar-refractivity contribution in [3.8, 4) is 11.6 Å². The molecule has 0 radical (unpaired) electrons. The van der Waals surface area contributed by atoms with Gasteiger partial charge in [0.15, 0.2) is 5.65 Å². The van der Waals surface area contributed by atoms with E-state index >= 15 is 0 Å². The number of fused-ring (bicyclic) bond motifs is 1. The third kappa shape index (κ3) is 4.05. The van der Waals surface area contributed by atoms with Gasteiger partial charge in [0.05, 0.1) is 23.5 Å². The van der Waals surface area contributed by atoms with E-state index in [9.17, 15) is 14.4 Å². The van der Waals surface area contributed by atoms with Crippen molar-refractivity contribution in [3.63, 3.8) is 0 Å². The molecule has 1 aliphatic heterocycles. The number of carbonyl (C=O) groups is 2. The normalized spacial score (nSPS) is 15.4. The van der Waals surface area contributed by atoms with Gasteiger partial charge in [0.1, 0.15) is 11.2 Å². The lowest BCUT2D eigenvalue weighted by molar-refractivity contribution is -0.122. The number of aryl methyl sites for hydroxylation is 1. The minimum atomic E-state index is -0.537. The second-order valence-corrected chi connectivity index (χ2v) is 8.83. The second kappa shape index (κ2) is 8.86. The highest BCUT2D eigenvalue weighted by Crippen LogP contribution is 2.26. The number of nitrogens with zero attached hydrogens (tertiary/aromatic N) is 6. The van der Waals surface area contributed by atoms with Gasteiger partial charge in [-0.05, 0) is 31.2 Å². The molecule has 4 heterocycles. The zero-order valence-electron chi connectivity index (χ0n) is 19.8. The summed E-state index contributed by atoms with van der Waals surface area (Å²) in [5.41, 5.74) is 2.10. The van der Waals surface area contributed by atoms with Gasteiger partial charge in [-0.15, -0.1) is 0 Å². The van der Waals surface area contributed by atoms with Crippen LogP contribution < -0.4 is 15.8 Å². The average Bonchev–Trinajstić information content (AvgIpc) is 3.61. The minimum Gasteiger partial charge on any atom is -0.312 e. The molecule has 11 nitrogen and oxygen atoms in total. The monoisotopic (exact) mass is 494 g/mol. The van der Waals surface area contributed by atoms with Crippen LogP contribution in [0.3, 0.4) is 0 Å². The summed E-state index contributed by atoms with van der Waals surface area (Å²) in [4.78, 5) is 47.6. The van der Waals surface area contributed by atoms with Crippen LogP contribution in [-0.4, -0.2) is 47.9 Å². The lowest BCUT2D eigenvalue weighted by Crippen LogP contribution is -2.28. The Hall–Kier alpha value is -5.06. The smallest absolute Gasteiger partial charge is 0.263 e. The number of rotatable bonds is 5. The van der Waals surface area contributed by atoms with E-state index in [1.807, 2.05) is 60.7 Å². The highest BCUT2D eigenvalue weighted by molar-refractivity contribution is 6.03. The molecule has 1 saturated heterocycles. The Morgan fingerprint density at radius 3 is 2.43 bits per heavy atom. The maximum absolute atomic E-state index is 13.2. The topological polar surface area (TPSA) is 131 Å². The Bertz CT molecular complexity index is 1690. The number of carbonyl (C=O) groups excluding carboxylic acids is 2. The molecule has 2 aromatic carbocycles. The molecule has 2 amide bonds. The lowest BCUT2D eigenvalue weighted by Gasteiger charge is -2.16. The van der Waals surface area contributed by atoms with Crippen molar-refractivity contribution < 1.29 is 9.59 Å². The van der Waals surface area contributed by atoms with Gasteiger partial charge in [0.25, 0.3) is 5.56 Å². The van der Waals surface area contributed by atoms with E-state index in [0.717, 1.165) is 11.4 Å². The first-order valence-corrected chi connectivity index (χ1v) is 11.7. The van der Waals surface area contributed by atoms with Crippen molar-refractivity contribution in [1.82, 2.24) is 29.5 Å². The summed E-state index contributed by atoms with van der Waals surface area (Å²) in [6.45, 7) is 2.05. The van der Waals surface area contributed by atoms with E-state index in [1.165, 1.54) is 10.9 Å². The zero-order chi connectivity index (χ0) is 25.5. The number of hydrogen-bond donors (Lipinski definition) is 2. The van der Waals surface area contributed by atoms with E-state index in [2.05, 4.69) is 25.5 Å². The molecule has 1 atom stereocenters. The SMILES string of the molecule is Cc1cc(NC(=O)[C@H]2CC(=O)N(c3ccccc3)C2)n(-c2nc3c(cnn3-c3ccccc3)c(=O)[nH]2)n1. The first-order valence-electron chi connectivity index (χ1n) is 11.7. The van der Waals surface area contributed by atoms with Gasteiger partial charge in [-0.25, -0.2) is 4.68 Å². The molecule has 37 heavy (non-hydrogen) atoms. The molecule has 0 spiro atoms. The van der Waals surface area contributed by atoms with Gasteiger partial charge in [0, 0.05) is 24.7 Å². The van der Waals surface area contributed by atoms with Gasteiger partial charge in [-0.1, -0.05) is 36.4 Å². The number of anilines is 2. The molecular weight excluding hydrogens is 472 g/mol. The number of hydrogen-bond acceptors (Lipinski definition) is 6. The number of amides is 2. The Labute approximate surface area is 210 Å². The summed E-state index contributed by atoms with van der Waals surface area (Å²) in [5, 5.41) is 12.0. The summed E-state index contributed by atoms with van der Waals surface area (Å²) in [6, 6.07) is 20.3. The van der Waals surface area contributed by atoms with Crippen LogP contribution in [-0.2, 0) is 9.59 Å². The second-order valence-electron chi connectivity index (χ2n) is 8.83. The Balaban J connectivity index is 1.31. The summed E-state index contributed by atoms with van der Waals surface area (Å²) >= 11 is 0. The molecule has 5 aromatic rings. The van der Waals surface area contributed by atoms with Crippen molar-refractivity contribution in [3.05, 3.63) is 89.0 Å². The quantitative estimate of drug-likeness (QED) is 0.386. The van der Waals surface area contributed by atoms with Gasteiger partial charge < -0.3 is 10.2 Å². The van der Waals surface area contributed by atoms with Crippen molar-refractivity contribution in [2.45, 2.75) is 13.3 Å². The van der Waals surface area contributed by atoms with Gasteiger partial charge in [0.2, 0.25) is 17.8 Å². The van der Waals surface area contributed by atoms with Crippen LogP contribution in [0.2, 0.25) is 0 Å². The highest BCUT2D eigenvalue weighted by atomic mass is 16.2. The molecule has 6 rings (SSSR count). The third-order valence-electron chi connectivity index (χ3n) is 6.27.